The maximum absolute atomic E-state index is 11.5. The number of hydrogen-bond donors (Lipinski definition) is 0. The third kappa shape index (κ3) is 2.19. The van der Waals surface area contributed by atoms with Gasteiger partial charge in [-0.05, 0) is 12.1 Å². The summed E-state index contributed by atoms with van der Waals surface area (Å²) in [5, 5.41) is 0. The van der Waals surface area contributed by atoms with Gasteiger partial charge in [-0.15, -0.1) is 0 Å². The third-order valence-corrected chi connectivity index (χ3v) is 1.69. The number of aromatic nitrogens is 2. The average Bonchev–Trinajstić information content (AvgIpc) is 2.65. The Morgan fingerprint density at radius 2 is 2.40 bits per heavy atom. The summed E-state index contributed by atoms with van der Waals surface area (Å²) in [7, 11) is 0. The van der Waals surface area contributed by atoms with Gasteiger partial charge in [0.15, 0.2) is 12.2 Å². The largest absolute Gasteiger partial charge is 0.445 e. The summed E-state index contributed by atoms with van der Waals surface area (Å²) in [6, 6.07) is 3.27. The number of esters is 1. The molecule has 0 N–H and O–H groups in total. The molecule has 0 unspecified atom stereocenters. The van der Waals surface area contributed by atoms with Gasteiger partial charge in [-0.3, -0.25) is 4.98 Å². The molecule has 2 aromatic rings. The van der Waals surface area contributed by atoms with Crippen LogP contribution in [0.4, 0.5) is 0 Å². The molecule has 0 saturated heterocycles. The molecule has 0 amide bonds. The van der Waals surface area contributed by atoms with Gasteiger partial charge in [0, 0.05) is 19.3 Å². The van der Waals surface area contributed by atoms with E-state index in [1.807, 2.05) is 0 Å². The highest BCUT2D eigenvalue weighted by molar-refractivity contribution is 5.90. The third-order valence-electron chi connectivity index (χ3n) is 1.69. The minimum Gasteiger partial charge on any atom is -0.445 e. The summed E-state index contributed by atoms with van der Waals surface area (Å²) in [6.07, 6.45) is 4.29. The summed E-state index contributed by atoms with van der Waals surface area (Å²) < 4.78 is 9.83. The minimum atomic E-state index is -0.503. The van der Waals surface area contributed by atoms with E-state index < -0.39 is 5.97 Å². The first-order valence-corrected chi connectivity index (χ1v) is 4.30. The van der Waals surface area contributed by atoms with Gasteiger partial charge >= 0.3 is 5.97 Å². The molecule has 0 atom stereocenters. The molecule has 0 aliphatic carbocycles. The first kappa shape index (κ1) is 9.39. The van der Waals surface area contributed by atoms with Crippen LogP contribution in [0.2, 0.25) is 0 Å². The fraction of sp³-hybridized carbons (Fsp3) is 0.100. The predicted octanol–water partition coefficient (Wildman–Crippen LogP) is 1.60. The molecule has 0 aliphatic rings. The molecule has 0 bridgehead atoms. The van der Waals surface area contributed by atoms with Crippen LogP contribution >= 0.6 is 0 Å². The zero-order valence-corrected chi connectivity index (χ0v) is 8.01. The molecule has 0 aliphatic heterocycles. The predicted molar refractivity (Wildman–Crippen MR) is 50.4 cm³/mol. The molecule has 5 heteroatoms. The quantitative estimate of drug-likeness (QED) is 0.695. The number of aryl methyl sites for hydroxylation is 1. The fourth-order valence-corrected chi connectivity index (χ4v) is 1.03. The lowest BCUT2D eigenvalue weighted by Crippen LogP contribution is -2.08. The lowest BCUT2D eigenvalue weighted by atomic mass is 10.3. The van der Waals surface area contributed by atoms with E-state index in [0.29, 0.717) is 11.5 Å². The molecule has 0 radical (unpaired) electrons. The van der Waals surface area contributed by atoms with Gasteiger partial charge in [0.25, 0.3) is 5.88 Å². The van der Waals surface area contributed by atoms with Gasteiger partial charge in [-0.25, -0.2) is 4.79 Å². The zero-order chi connectivity index (χ0) is 10.7. The Kier molecular flexibility index (Phi) is 2.45. The van der Waals surface area contributed by atoms with Crippen molar-refractivity contribution in [2.75, 3.05) is 0 Å². The molecule has 2 heterocycles. The Balaban J connectivity index is 2.11. The van der Waals surface area contributed by atoms with Gasteiger partial charge in [0.2, 0.25) is 0 Å². The number of hydrogen-bond acceptors (Lipinski definition) is 5. The molecule has 76 valence electrons. The standard InChI is InChI=1S/C10H8N2O3/c1-7-12-9(6-14-7)15-10(13)8-3-2-4-11-5-8/h2-6H,1H3. The average molecular weight is 204 g/mol. The maximum Gasteiger partial charge on any atom is 0.346 e. The molecular weight excluding hydrogens is 196 g/mol. The van der Waals surface area contributed by atoms with Crippen molar-refractivity contribution in [2.45, 2.75) is 6.92 Å². The zero-order valence-electron chi connectivity index (χ0n) is 8.01. The van der Waals surface area contributed by atoms with E-state index >= 15 is 0 Å². The topological polar surface area (TPSA) is 65.2 Å². The summed E-state index contributed by atoms with van der Waals surface area (Å²) in [5.41, 5.74) is 0.373. The van der Waals surface area contributed by atoms with Crippen LogP contribution in [0.25, 0.3) is 0 Å². The number of nitrogens with zero attached hydrogens (tertiary/aromatic N) is 2. The van der Waals surface area contributed by atoms with E-state index in [1.165, 1.54) is 12.5 Å². The van der Waals surface area contributed by atoms with Crippen LogP contribution in [0.5, 0.6) is 5.88 Å². The van der Waals surface area contributed by atoms with E-state index in [1.54, 1.807) is 25.3 Å². The second-order valence-corrected chi connectivity index (χ2v) is 2.84. The Labute approximate surface area is 85.7 Å². The van der Waals surface area contributed by atoms with Crippen LogP contribution in [-0.2, 0) is 0 Å². The van der Waals surface area contributed by atoms with Crippen molar-refractivity contribution in [1.29, 1.82) is 0 Å². The molecular formula is C10H8N2O3. The Hall–Kier alpha value is -2.17. The van der Waals surface area contributed by atoms with Crippen LogP contribution < -0.4 is 4.74 Å². The SMILES string of the molecule is Cc1nc(OC(=O)c2cccnc2)co1. The second-order valence-electron chi connectivity index (χ2n) is 2.84. The van der Waals surface area contributed by atoms with Gasteiger partial charge in [0.1, 0.15) is 0 Å². The Bertz CT molecular complexity index is 465. The smallest absolute Gasteiger partial charge is 0.346 e. The van der Waals surface area contributed by atoms with E-state index in [0.717, 1.165) is 0 Å². The molecule has 0 fully saturated rings. The first-order chi connectivity index (χ1) is 7.25. The second kappa shape index (κ2) is 3.91. The lowest BCUT2D eigenvalue weighted by Gasteiger charge is -1.98. The number of ether oxygens (including phenoxy) is 1. The monoisotopic (exact) mass is 204 g/mol. The van der Waals surface area contributed by atoms with Gasteiger partial charge in [-0.2, -0.15) is 4.98 Å². The summed E-state index contributed by atoms with van der Waals surface area (Å²) in [6.45, 7) is 1.67. The molecule has 2 aromatic heterocycles. The van der Waals surface area contributed by atoms with Crippen molar-refractivity contribution in [2.24, 2.45) is 0 Å². The minimum absolute atomic E-state index is 0.154. The number of carbonyl (C=O) groups excluding carboxylic acids is 1. The maximum atomic E-state index is 11.5. The highest BCUT2D eigenvalue weighted by Gasteiger charge is 2.10. The van der Waals surface area contributed by atoms with Crippen molar-refractivity contribution >= 4 is 5.97 Å². The highest BCUT2D eigenvalue weighted by Crippen LogP contribution is 2.11. The van der Waals surface area contributed by atoms with Gasteiger partial charge in [-0.1, -0.05) is 0 Å². The number of pyridine rings is 1. The fourth-order valence-electron chi connectivity index (χ4n) is 1.03. The van der Waals surface area contributed by atoms with E-state index in [9.17, 15) is 4.79 Å². The molecule has 5 nitrogen and oxygen atoms in total. The van der Waals surface area contributed by atoms with E-state index in [4.69, 9.17) is 9.15 Å². The summed E-state index contributed by atoms with van der Waals surface area (Å²) in [5.74, 6) is 0.0988. The van der Waals surface area contributed by atoms with Gasteiger partial charge < -0.3 is 9.15 Å². The normalized spacial score (nSPS) is 9.93. The Morgan fingerprint density at radius 3 is 3.00 bits per heavy atom. The molecule has 2 rings (SSSR count). The summed E-state index contributed by atoms with van der Waals surface area (Å²) in [4.78, 5) is 19.1. The molecule has 0 spiro atoms. The number of carbonyl (C=O) groups is 1. The molecule has 0 aromatic carbocycles. The van der Waals surface area contributed by atoms with Crippen molar-refractivity contribution < 1.29 is 13.9 Å². The van der Waals surface area contributed by atoms with Crippen molar-refractivity contribution in [3.63, 3.8) is 0 Å². The number of rotatable bonds is 2. The van der Waals surface area contributed by atoms with Gasteiger partial charge in [0.05, 0.1) is 5.56 Å². The first-order valence-electron chi connectivity index (χ1n) is 4.30. The molecule has 0 saturated carbocycles. The van der Waals surface area contributed by atoms with Crippen molar-refractivity contribution in [3.8, 4) is 5.88 Å². The van der Waals surface area contributed by atoms with Crippen molar-refractivity contribution in [3.05, 3.63) is 42.2 Å². The highest BCUT2D eigenvalue weighted by atomic mass is 16.6. The molecule has 15 heavy (non-hydrogen) atoms. The van der Waals surface area contributed by atoms with E-state index in [2.05, 4.69) is 9.97 Å². The van der Waals surface area contributed by atoms with Crippen molar-refractivity contribution in [1.82, 2.24) is 9.97 Å². The van der Waals surface area contributed by atoms with Crippen LogP contribution in [0.15, 0.2) is 35.2 Å². The summed E-state index contributed by atoms with van der Waals surface area (Å²) >= 11 is 0. The van der Waals surface area contributed by atoms with Crippen LogP contribution in [0.3, 0.4) is 0 Å². The lowest BCUT2D eigenvalue weighted by molar-refractivity contribution is 0.0727. The van der Waals surface area contributed by atoms with Crippen LogP contribution in [0.1, 0.15) is 16.2 Å². The number of oxazole rings is 1. The Morgan fingerprint density at radius 1 is 1.53 bits per heavy atom. The van der Waals surface area contributed by atoms with Crippen LogP contribution in [0, 0.1) is 6.92 Å². The van der Waals surface area contributed by atoms with Crippen LogP contribution in [-0.4, -0.2) is 15.9 Å². The van der Waals surface area contributed by atoms with E-state index in [-0.39, 0.29) is 5.88 Å².